The SMILES string of the molecule is C=C1CCC(=O)N(CC(=O)OC2(C(C)C)CCCC2)C1=O. The normalized spacial score (nSPS) is 22.0. The molecule has 0 unspecified atom stereocenters. The van der Waals surface area contributed by atoms with Crippen molar-refractivity contribution in [1.82, 2.24) is 4.90 Å². The van der Waals surface area contributed by atoms with Crippen LogP contribution in [-0.4, -0.2) is 34.8 Å². The Morgan fingerprint density at radius 1 is 1.29 bits per heavy atom. The first kappa shape index (κ1) is 15.7. The first-order valence-corrected chi connectivity index (χ1v) is 7.60. The Hall–Kier alpha value is -1.65. The third kappa shape index (κ3) is 3.17. The fourth-order valence-corrected chi connectivity index (χ4v) is 3.12. The maximum atomic E-state index is 12.2. The van der Waals surface area contributed by atoms with Gasteiger partial charge in [-0.3, -0.25) is 19.3 Å². The number of rotatable bonds is 4. The quantitative estimate of drug-likeness (QED) is 0.453. The van der Waals surface area contributed by atoms with E-state index in [4.69, 9.17) is 4.74 Å². The standard InChI is InChI=1S/C16H23NO4/c1-11(2)16(8-4-5-9-16)21-14(19)10-17-13(18)7-6-12(3)15(17)20/h11H,3-10H2,1-2H3. The number of likely N-dealkylation sites (tertiary alicyclic amines) is 1. The summed E-state index contributed by atoms with van der Waals surface area (Å²) in [6.07, 6.45) is 4.40. The Labute approximate surface area is 125 Å². The minimum Gasteiger partial charge on any atom is -0.457 e. The molecule has 2 rings (SSSR count). The lowest BCUT2D eigenvalue weighted by molar-refractivity contribution is -0.169. The van der Waals surface area contributed by atoms with E-state index in [9.17, 15) is 14.4 Å². The van der Waals surface area contributed by atoms with Gasteiger partial charge in [0.05, 0.1) is 0 Å². The number of amides is 2. The summed E-state index contributed by atoms with van der Waals surface area (Å²) in [6, 6.07) is 0. The largest absolute Gasteiger partial charge is 0.457 e. The van der Waals surface area contributed by atoms with Gasteiger partial charge >= 0.3 is 5.97 Å². The summed E-state index contributed by atoms with van der Waals surface area (Å²) < 4.78 is 5.68. The number of hydrogen-bond acceptors (Lipinski definition) is 4. The van der Waals surface area contributed by atoms with Gasteiger partial charge in [-0.1, -0.05) is 20.4 Å². The van der Waals surface area contributed by atoms with Crippen molar-refractivity contribution in [3.8, 4) is 0 Å². The highest BCUT2D eigenvalue weighted by atomic mass is 16.6. The van der Waals surface area contributed by atoms with E-state index in [0.29, 0.717) is 12.0 Å². The second-order valence-electron chi connectivity index (χ2n) is 6.29. The molecule has 5 heteroatoms. The van der Waals surface area contributed by atoms with Crippen molar-refractivity contribution in [2.24, 2.45) is 5.92 Å². The van der Waals surface area contributed by atoms with Crippen LogP contribution >= 0.6 is 0 Å². The zero-order chi connectivity index (χ0) is 15.6. The van der Waals surface area contributed by atoms with Gasteiger partial charge in [-0.15, -0.1) is 0 Å². The first-order chi connectivity index (χ1) is 9.85. The maximum absolute atomic E-state index is 12.2. The van der Waals surface area contributed by atoms with Gasteiger partial charge in [0.25, 0.3) is 5.91 Å². The Kier molecular flexibility index (Phi) is 4.49. The summed E-state index contributed by atoms with van der Waals surface area (Å²) in [5.74, 6) is -1.05. The Balaban J connectivity index is 2.02. The number of piperidine rings is 1. The van der Waals surface area contributed by atoms with Gasteiger partial charge < -0.3 is 4.74 Å². The molecule has 1 heterocycles. The van der Waals surface area contributed by atoms with Crippen molar-refractivity contribution < 1.29 is 19.1 Å². The summed E-state index contributed by atoms with van der Waals surface area (Å²) >= 11 is 0. The van der Waals surface area contributed by atoms with Crippen LogP contribution in [0, 0.1) is 5.92 Å². The van der Waals surface area contributed by atoms with Crippen LogP contribution in [0.4, 0.5) is 0 Å². The minimum absolute atomic E-state index is 0.228. The Bertz CT molecular complexity index is 475. The molecule has 0 aromatic rings. The summed E-state index contributed by atoms with van der Waals surface area (Å²) in [7, 11) is 0. The average Bonchev–Trinajstić information content (AvgIpc) is 2.89. The molecular weight excluding hydrogens is 270 g/mol. The summed E-state index contributed by atoms with van der Waals surface area (Å²) in [5.41, 5.74) is -0.0578. The smallest absolute Gasteiger partial charge is 0.326 e. The predicted molar refractivity (Wildman–Crippen MR) is 77.2 cm³/mol. The van der Waals surface area contributed by atoms with Crippen LogP contribution in [-0.2, 0) is 19.1 Å². The van der Waals surface area contributed by atoms with E-state index in [1.165, 1.54) is 0 Å². The molecule has 1 saturated heterocycles. The van der Waals surface area contributed by atoms with Gasteiger partial charge in [-0.2, -0.15) is 0 Å². The highest BCUT2D eigenvalue weighted by molar-refractivity contribution is 6.08. The van der Waals surface area contributed by atoms with E-state index in [2.05, 4.69) is 6.58 Å². The van der Waals surface area contributed by atoms with Gasteiger partial charge in [-0.05, 0) is 38.0 Å². The van der Waals surface area contributed by atoms with Crippen molar-refractivity contribution in [2.75, 3.05) is 6.54 Å². The van der Waals surface area contributed by atoms with Crippen molar-refractivity contribution >= 4 is 17.8 Å². The summed E-state index contributed by atoms with van der Waals surface area (Å²) in [5, 5.41) is 0. The van der Waals surface area contributed by atoms with Crippen molar-refractivity contribution in [2.45, 2.75) is 58.0 Å². The summed E-state index contributed by atoms with van der Waals surface area (Å²) in [4.78, 5) is 36.9. The van der Waals surface area contributed by atoms with Crippen molar-refractivity contribution in [3.05, 3.63) is 12.2 Å². The molecule has 5 nitrogen and oxygen atoms in total. The van der Waals surface area contributed by atoms with Gasteiger partial charge in [0.15, 0.2) is 0 Å². The fraction of sp³-hybridized carbons (Fsp3) is 0.688. The molecule has 1 aliphatic heterocycles. The molecule has 0 spiro atoms. The predicted octanol–water partition coefficient (Wildman–Crippen LogP) is 2.20. The van der Waals surface area contributed by atoms with Crippen LogP contribution in [0.2, 0.25) is 0 Å². The number of esters is 1. The van der Waals surface area contributed by atoms with E-state index in [0.717, 1.165) is 30.6 Å². The highest BCUT2D eigenvalue weighted by Crippen LogP contribution is 2.39. The number of carbonyl (C=O) groups is 3. The molecule has 2 amide bonds. The molecular formula is C16H23NO4. The number of ether oxygens (including phenoxy) is 1. The average molecular weight is 293 g/mol. The van der Waals surface area contributed by atoms with E-state index >= 15 is 0 Å². The zero-order valence-corrected chi connectivity index (χ0v) is 12.8. The van der Waals surface area contributed by atoms with E-state index in [1.54, 1.807) is 0 Å². The van der Waals surface area contributed by atoms with E-state index in [-0.39, 0.29) is 24.8 Å². The van der Waals surface area contributed by atoms with Gasteiger partial charge in [0.1, 0.15) is 12.1 Å². The molecule has 1 aliphatic carbocycles. The van der Waals surface area contributed by atoms with Crippen molar-refractivity contribution in [3.63, 3.8) is 0 Å². The monoisotopic (exact) mass is 293 g/mol. The topological polar surface area (TPSA) is 63.7 Å². The van der Waals surface area contributed by atoms with Crippen LogP contribution in [0.15, 0.2) is 12.2 Å². The minimum atomic E-state index is -0.498. The molecule has 0 aromatic heterocycles. The summed E-state index contributed by atoms with van der Waals surface area (Å²) in [6.45, 7) is 7.42. The molecule has 1 saturated carbocycles. The molecule has 21 heavy (non-hydrogen) atoms. The van der Waals surface area contributed by atoms with Gasteiger partial charge in [-0.25, -0.2) is 0 Å². The molecule has 0 aromatic carbocycles. The van der Waals surface area contributed by atoms with Crippen LogP contribution in [0.3, 0.4) is 0 Å². The van der Waals surface area contributed by atoms with E-state index in [1.807, 2.05) is 13.8 Å². The van der Waals surface area contributed by atoms with E-state index < -0.39 is 17.5 Å². The molecule has 116 valence electrons. The third-order valence-electron chi connectivity index (χ3n) is 4.60. The highest BCUT2D eigenvalue weighted by Gasteiger charge is 2.41. The maximum Gasteiger partial charge on any atom is 0.326 e. The van der Waals surface area contributed by atoms with Crippen LogP contribution in [0.25, 0.3) is 0 Å². The number of hydrogen-bond donors (Lipinski definition) is 0. The molecule has 2 fully saturated rings. The lowest BCUT2D eigenvalue weighted by atomic mass is 9.88. The molecule has 0 radical (unpaired) electrons. The first-order valence-electron chi connectivity index (χ1n) is 7.60. The van der Waals surface area contributed by atoms with Gasteiger partial charge in [0, 0.05) is 12.0 Å². The Morgan fingerprint density at radius 2 is 1.90 bits per heavy atom. The zero-order valence-electron chi connectivity index (χ0n) is 12.8. The molecule has 0 N–H and O–H groups in total. The van der Waals surface area contributed by atoms with Crippen LogP contribution in [0.1, 0.15) is 52.4 Å². The second-order valence-corrected chi connectivity index (χ2v) is 6.29. The number of nitrogens with zero attached hydrogens (tertiary/aromatic N) is 1. The van der Waals surface area contributed by atoms with Gasteiger partial charge in [0.2, 0.25) is 5.91 Å². The second kappa shape index (κ2) is 6.00. The lowest BCUT2D eigenvalue weighted by Gasteiger charge is -2.34. The number of imide groups is 1. The molecule has 2 aliphatic rings. The molecule has 0 bridgehead atoms. The third-order valence-corrected chi connectivity index (χ3v) is 4.60. The van der Waals surface area contributed by atoms with Crippen LogP contribution in [0.5, 0.6) is 0 Å². The molecule has 0 atom stereocenters. The van der Waals surface area contributed by atoms with Crippen molar-refractivity contribution in [1.29, 1.82) is 0 Å². The fourth-order valence-electron chi connectivity index (χ4n) is 3.12. The Morgan fingerprint density at radius 3 is 2.48 bits per heavy atom. The lowest BCUT2D eigenvalue weighted by Crippen LogP contribution is -2.47. The van der Waals surface area contributed by atoms with Crippen LogP contribution < -0.4 is 0 Å². The number of carbonyl (C=O) groups excluding carboxylic acids is 3.